The first-order valence-electron chi connectivity index (χ1n) is 6.77. The Morgan fingerprint density at radius 3 is 2.38 bits per heavy atom. The zero-order valence-corrected chi connectivity index (χ0v) is 12.3. The average Bonchev–Trinajstić information content (AvgIpc) is 2.53. The van der Waals surface area contributed by atoms with Crippen LogP contribution in [-0.2, 0) is 16.3 Å². The van der Waals surface area contributed by atoms with E-state index < -0.39 is 9.84 Å². The molecular formula is C17H15NO2S. The second kappa shape index (κ2) is 5.66. The topological polar surface area (TPSA) is 47.0 Å². The molecular weight excluding hydrogens is 282 g/mol. The Morgan fingerprint density at radius 2 is 1.57 bits per heavy atom. The third-order valence-corrected chi connectivity index (χ3v) is 5.09. The molecule has 0 bridgehead atoms. The molecule has 106 valence electrons. The van der Waals surface area contributed by atoms with Gasteiger partial charge in [-0.05, 0) is 23.4 Å². The van der Waals surface area contributed by atoms with Gasteiger partial charge in [-0.1, -0.05) is 54.6 Å². The fourth-order valence-corrected chi connectivity index (χ4v) is 3.77. The molecule has 0 atom stereocenters. The van der Waals surface area contributed by atoms with Crippen molar-refractivity contribution >= 4 is 20.6 Å². The number of pyridine rings is 1. The highest BCUT2D eigenvalue weighted by molar-refractivity contribution is 7.91. The first kappa shape index (κ1) is 13.8. The van der Waals surface area contributed by atoms with Gasteiger partial charge in [0, 0.05) is 11.6 Å². The van der Waals surface area contributed by atoms with Gasteiger partial charge in [-0.3, -0.25) is 0 Å². The number of aromatic nitrogens is 1. The lowest BCUT2D eigenvalue weighted by Gasteiger charge is -2.07. The van der Waals surface area contributed by atoms with Gasteiger partial charge < -0.3 is 0 Å². The molecule has 2 aromatic carbocycles. The Balaban J connectivity index is 1.94. The average molecular weight is 297 g/mol. The molecule has 0 spiro atoms. The summed E-state index contributed by atoms with van der Waals surface area (Å²) in [5.41, 5.74) is 1.02. The van der Waals surface area contributed by atoms with Crippen molar-refractivity contribution in [3.63, 3.8) is 0 Å². The summed E-state index contributed by atoms with van der Waals surface area (Å²) in [5, 5.41) is 1.76. The number of aryl methyl sites for hydroxylation is 1. The van der Waals surface area contributed by atoms with Crippen LogP contribution in [0.15, 0.2) is 71.9 Å². The van der Waals surface area contributed by atoms with Crippen molar-refractivity contribution in [2.45, 2.75) is 11.4 Å². The van der Waals surface area contributed by atoms with Crippen LogP contribution in [0.4, 0.5) is 0 Å². The number of benzene rings is 2. The highest BCUT2D eigenvalue weighted by atomic mass is 32.2. The Bertz CT molecular complexity index is 853. The van der Waals surface area contributed by atoms with E-state index in [0.29, 0.717) is 11.8 Å². The van der Waals surface area contributed by atoms with E-state index in [0.717, 1.165) is 10.9 Å². The zero-order chi connectivity index (χ0) is 14.7. The molecule has 0 aliphatic rings. The summed E-state index contributed by atoms with van der Waals surface area (Å²) in [6.07, 6.45) is 2.05. The van der Waals surface area contributed by atoms with Crippen molar-refractivity contribution < 1.29 is 8.42 Å². The lowest BCUT2D eigenvalue weighted by molar-refractivity contribution is 0.593. The number of fused-ring (bicyclic) bond motifs is 1. The van der Waals surface area contributed by atoms with Gasteiger partial charge in [-0.15, -0.1) is 0 Å². The van der Waals surface area contributed by atoms with Crippen LogP contribution < -0.4 is 0 Å². The molecule has 0 fully saturated rings. The van der Waals surface area contributed by atoms with Crippen LogP contribution in [0.5, 0.6) is 0 Å². The minimum Gasteiger partial charge on any atom is -0.244 e. The van der Waals surface area contributed by atoms with Crippen LogP contribution in [0, 0.1) is 0 Å². The molecule has 0 radical (unpaired) electrons. The lowest BCUT2D eigenvalue weighted by atomic mass is 10.2. The van der Waals surface area contributed by atoms with Gasteiger partial charge in [-0.2, -0.15) is 0 Å². The summed E-state index contributed by atoms with van der Waals surface area (Å²) in [4.78, 5) is 4.10. The third kappa shape index (κ3) is 2.95. The van der Waals surface area contributed by atoms with E-state index in [1.807, 2.05) is 54.6 Å². The molecule has 0 N–H and O–H groups in total. The van der Waals surface area contributed by atoms with E-state index in [9.17, 15) is 8.42 Å². The largest absolute Gasteiger partial charge is 0.244 e. The van der Waals surface area contributed by atoms with E-state index in [-0.39, 0.29) is 10.8 Å². The monoisotopic (exact) mass is 297 g/mol. The predicted molar refractivity (Wildman–Crippen MR) is 83.9 cm³/mol. The highest BCUT2D eigenvalue weighted by Crippen LogP contribution is 2.21. The molecule has 0 saturated heterocycles. The second-order valence-corrected chi connectivity index (χ2v) is 6.92. The summed E-state index contributed by atoms with van der Waals surface area (Å²) in [5.74, 6) is 0.0675. The normalized spacial score (nSPS) is 11.6. The molecule has 0 amide bonds. The maximum Gasteiger partial charge on any atom is 0.196 e. The molecule has 1 heterocycles. The van der Waals surface area contributed by atoms with E-state index in [4.69, 9.17) is 0 Å². The van der Waals surface area contributed by atoms with Crippen molar-refractivity contribution in [2.75, 3.05) is 5.75 Å². The smallest absolute Gasteiger partial charge is 0.196 e. The predicted octanol–water partition coefficient (Wildman–Crippen LogP) is 3.25. The van der Waals surface area contributed by atoms with Crippen LogP contribution in [0.1, 0.15) is 5.56 Å². The first-order valence-corrected chi connectivity index (χ1v) is 8.42. The molecule has 4 heteroatoms. The number of sulfone groups is 1. The molecule has 0 unspecified atom stereocenters. The fraction of sp³-hybridized carbons (Fsp3) is 0.118. The summed E-state index contributed by atoms with van der Waals surface area (Å²) in [6, 6.07) is 18.9. The van der Waals surface area contributed by atoms with Gasteiger partial charge in [0.2, 0.25) is 0 Å². The van der Waals surface area contributed by atoms with Crippen LogP contribution in [0.25, 0.3) is 10.8 Å². The minimum absolute atomic E-state index is 0.0675. The van der Waals surface area contributed by atoms with Gasteiger partial charge in [-0.25, -0.2) is 13.4 Å². The van der Waals surface area contributed by atoms with Crippen molar-refractivity contribution in [1.82, 2.24) is 4.98 Å². The van der Waals surface area contributed by atoms with Gasteiger partial charge in [0.25, 0.3) is 0 Å². The van der Waals surface area contributed by atoms with Crippen molar-refractivity contribution in [3.8, 4) is 0 Å². The van der Waals surface area contributed by atoms with Gasteiger partial charge >= 0.3 is 0 Å². The standard InChI is InChI=1S/C17H15NO2S/c19-21(20,13-11-14-6-2-1-3-7-14)17-16-9-5-4-8-15(16)10-12-18-17/h1-10,12H,11,13H2. The minimum atomic E-state index is -3.40. The van der Waals surface area contributed by atoms with Crippen LogP contribution in [0.3, 0.4) is 0 Å². The molecule has 1 aromatic heterocycles. The Labute approximate surface area is 124 Å². The van der Waals surface area contributed by atoms with Crippen molar-refractivity contribution in [2.24, 2.45) is 0 Å². The van der Waals surface area contributed by atoms with E-state index in [2.05, 4.69) is 4.98 Å². The Hall–Kier alpha value is -2.20. The molecule has 21 heavy (non-hydrogen) atoms. The molecule has 3 nitrogen and oxygen atoms in total. The maximum atomic E-state index is 12.6. The third-order valence-electron chi connectivity index (χ3n) is 3.43. The summed E-state index contributed by atoms with van der Waals surface area (Å²) >= 11 is 0. The van der Waals surface area contributed by atoms with Gasteiger partial charge in [0.15, 0.2) is 14.9 Å². The van der Waals surface area contributed by atoms with E-state index >= 15 is 0 Å². The summed E-state index contributed by atoms with van der Waals surface area (Å²) in [7, 11) is -3.40. The maximum absolute atomic E-state index is 12.6. The SMILES string of the molecule is O=S(=O)(CCc1ccccc1)c1nccc2ccccc12. The lowest BCUT2D eigenvalue weighted by Crippen LogP contribution is -2.11. The molecule has 3 rings (SSSR count). The zero-order valence-electron chi connectivity index (χ0n) is 11.4. The number of hydrogen-bond acceptors (Lipinski definition) is 3. The van der Waals surface area contributed by atoms with Gasteiger partial charge in [0.1, 0.15) is 0 Å². The molecule has 0 aliphatic carbocycles. The number of rotatable bonds is 4. The highest BCUT2D eigenvalue weighted by Gasteiger charge is 2.18. The van der Waals surface area contributed by atoms with Gasteiger partial charge in [0.05, 0.1) is 5.75 Å². The number of nitrogens with zero attached hydrogens (tertiary/aromatic N) is 1. The van der Waals surface area contributed by atoms with Crippen LogP contribution in [0.2, 0.25) is 0 Å². The quantitative estimate of drug-likeness (QED) is 0.742. The van der Waals surface area contributed by atoms with Crippen LogP contribution >= 0.6 is 0 Å². The van der Waals surface area contributed by atoms with E-state index in [1.165, 1.54) is 0 Å². The Morgan fingerprint density at radius 1 is 0.857 bits per heavy atom. The molecule has 3 aromatic rings. The van der Waals surface area contributed by atoms with Crippen LogP contribution in [-0.4, -0.2) is 19.2 Å². The molecule has 0 aliphatic heterocycles. The Kier molecular flexibility index (Phi) is 3.71. The fourth-order valence-electron chi connectivity index (χ4n) is 2.33. The summed E-state index contributed by atoms with van der Waals surface area (Å²) < 4.78 is 25.1. The first-order chi connectivity index (χ1) is 10.2. The van der Waals surface area contributed by atoms with Crippen molar-refractivity contribution in [1.29, 1.82) is 0 Å². The summed E-state index contributed by atoms with van der Waals surface area (Å²) in [6.45, 7) is 0. The number of hydrogen-bond donors (Lipinski definition) is 0. The molecule has 0 saturated carbocycles. The van der Waals surface area contributed by atoms with E-state index in [1.54, 1.807) is 12.3 Å². The van der Waals surface area contributed by atoms with Crippen molar-refractivity contribution in [3.05, 3.63) is 72.4 Å². The second-order valence-electron chi connectivity index (χ2n) is 4.89.